The van der Waals surface area contributed by atoms with Gasteiger partial charge in [-0.1, -0.05) is 6.42 Å². The Balaban J connectivity index is 2.07. The molecule has 0 radical (unpaired) electrons. The van der Waals surface area contributed by atoms with Crippen molar-refractivity contribution in [3.63, 3.8) is 0 Å². The van der Waals surface area contributed by atoms with E-state index in [1.165, 1.54) is 0 Å². The number of anilines is 2. The van der Waals surface area contributed by atoms with Gasteiger partial charge in [-0.2, -0.15) is 0 Å². The molecule has 1 saturated heterocycles. The summed E-state index contributed by atoms with van der Waals surface area (Å²) in [5.41, 5.74) is 11.0. The summed E-state index contributed by atoms with van der Waals surface area (Å²) in [7, 11) is -1.31. The molecule has 1 aromatic rings. The molecule has 9 heteroatoms. The lowest BCUT2D eigenvalue weighted by Crippen LogP contribution is -2.46. The fraction of sp³-hybridized carbons (Fsp3) is 0.714. The van der Waals surface area contributed by atoms with E-state index in [4.69, 9.17) is 21.5 Å². The Labute approximate surface area is 135 Å². The summed E-state index contributed by atoms with van der Waals surface area (Å²) in [5.74, 6) is 0.119. The molecular weight excluding hydrogens is 299 g/mol. The molecule has 2 rings (SSSR count). The molecule has 128 valence electrons. The first-order valence-corrected chi connectivity index (χ1v) is 7.95. The fourth-order valence-corrected chi connectivity index (χ4v) is 3.26. The average Bonchev–Trinajstić information content (AvgIpc) is 2.76. The van der Waals surface area contributed by atoms with Gasteiger partial charge in [0.15, 0.2) is 0 Å². The number of nitrogens with one attached hydrogen (secondary N) is 1. The third-order valence-corrected chi connectivity index (χ3v) is 4.57. The Kier molecular flexibility index (Phi) is 5.46. The zero-order valence-corrected chi connectivity index (χ0v) is 13.4. The molecule has 0 saturated carbocycles. The molecule has 1 fully saturated rings. The highest BCUT2D eigenvalue weighted by molar-refractivity contribution is 6.40. The average molecular weight is 324 g/mol. The van der Waals surface area contributed by atoms with Crippen molar-refractivity contribution in [3.8, 4) is 0 Å². The quantitative estimate of drug-likeness (QED) is 0.275. The fourth-order valence-electron chi connectivity index (χ4n) is 3.26. The summed E-state index contributed by atoms with van der Waals surface area (Å²) in [6, 6.07) is 0. The maximum Gasteiger partial charge on any atom is 0.451 e. The van der Waals surface area contributed by atoms with Gasteiger partial charge in [-0.05, 0) is 25.6 Å². The number of nitrogens with zero attached hydrogens (tertiary/aromatic N) is 1. The van der Waals surface area contributed by atoms with Gasteiger partial charge in [0.25, 0.3) is 10.9 Å². The zero-order chi connectivity index (χ0) is 17.2. The van der Waals surface area contributed by atoms with Gasteiger partial charge in [0.05, 0.1) is 0 Å². The van der Waals surface area contributed by atoms with Crippen LogP contribution in [0.1, 0.15) is 19.8 Å². The molecule has 1 aliphatic rings. The van der Waals surface area contributed by atoms with E-state index in [0.29, 0.717) is 50.3 Å². The lowest BCUT2D eigenvalue weighted by molar-refractivity contribution is 0.343. The van der Waals surface area contributed by atoms with Gasteiger partial charge in [-0.25, -0.2) is 0 Å². The van der Waals surface area contributed by atoms with E-state index in [2.05, 4.69) is 5.32 Å². The van der Waals surface area contributed by atoms with Crippen LogP contribution in [0.2, 0.25) is 6.32 Å². The Bertz CT molecular complexity index is 612. The highest BCUT2D eigenvalue weighted by Crippen LogP contribution is 2.34. The van der Waals surface area contributed by atoms with Crippen molar-refractivity contribution in [2.75, 3.05) is 36.4 Å². The molecule has 0 aromatic heterocycles. The molecule has 1 aromatic carbocycles. The zero-order valence-electron chi connectivity index (χ0n) is 13.4. The molecule has 2 atom stereocenters. The molecule has 8 nitrogen and oxygen atoms in total. The highest BCUT2D eigenvalue weighted by atomic mass is 16.4. The number of nitrogens with two attached hydrogens (primary N) is 2. The highest BCUT2D eigenvalue weighted by Gasteiger charge is 2.42. The van der Waals surface area contributed by atoms with Crippen LogP contribution in [0.25, 0.3) is 0 Å². The predicted octanol–water partition coefficient (Wildman–Crippen LogP) is -1.94. The van der Waals surface area contributed by atoms with Crippen molar-refractivity contribution in [1.29, 1.82) is 0 Å². The largest absolute Gasteiger partial charge is 0.451 e. The third-order valence-electron chi connectivity index (χ3n) is 4.57. The van der Waals surface area contributed by atoms with Crippen molar-refractivity contribution >= 4 is 18.5 Å². The van der Waals surface area contributed by atoms with E-state index >= 15 is 0 Å². The molecule has 0 aliphatic carbocycles. The van der Waals surface area contributed by atoms with Gasteiger partial charge in [-0.3, -0.25) is 9.59 Å². The van der Waals surface area contributed by atoms with Gasteiger partial charge in [0, 0.05) is 31.7 Å². The van der Waals surface area contributed by atoms with Crippen molar-refractivity contribution in [2.45, 2.75) is 31.6 Å². The van der Waals surface area contributed by atoms with E-state index in [0.717, 1.165) is 6.42 Å². The van der Waals surface area contributed by atoms with E-state index < -0.39 is 23.5 Å². The smallest absolute Gasteiger partial charge is 0.427 e. The van der Waals surface area contributed by atoms with Gasteiger partial charge in [-0.15, -0.1) is 0 Å². The summed E-state index contributed by atoms with van der Waals surface area (Å²) < 4.78 is 0. The third kappa shape index (κ3) is 3.74. The van der Waals surface area contributed by atoms with Crippen molar-refractivity contribution in [2.24, 2.45) is 17.4 Å². The minimum Gasteiger partial charge on any atom is -0.427 e. The molecule has 0 spiro atoms. The van der Waals surface area contributed by atoms with Gasteiger partial charge in [0.1, 0.15) is 11.4 Å². The van der Waals surface area contributed by atoms with Crippen LogP contribution in [0.3, 0.4) is 0 Å². The number of hydrogen-bond acceptors (Lipinski definition) is 8. The maximum absolute atomic E-state index is 11.9. The first-order chi connectivity index (χ1) is 10.8. The molecule has 0 amide bonds. The van der Waals surface area contributed by atoms with Crippen molar-refractivity contribution < 1.29 is 10.0 Å². The van der Waals surface area contributed by atoms with E-state index in [9.17, 15) is 9.59 Å². The second-order valence-electron chi connectivity index (χ2n) is 6.59. The van der Waals surface area contributed by atoms with Crippen LogP contribution in [0.15, 0.2) is 9.59 Å². The molecule has 0 unspecified atom stereocenters. The summed E-state index contributed by atoms with van der Waals surface area (Å²) in [5, 5.41) is 20.8. The van der Waals surface area contributed by atoms with E-state index in [-0.39, 0.29) is 5.92 Å². The van der Waals surface area contributed by atoms with Crippen LogP contribution < -0.4 is 32.5 Å². The molecule has 1 aliphatic heterocycles. The first kappa shape index (κ1) is 17.9. The summed E-state index contributed by atoms with van der Waals surface area (Å²) in [6.45, 7) is 3.80. The van der Waals surface area contributed by atoms with Crippen LogP contribution in [0, 0.1) is 5.92 Å². The molecule has 0 bridgehead atoms. The van der Waals surface area contributed by atoms with Crippen LogP contribution in [-0.4, -0.2) is 48.9 Å². The van der Waals surface area contributed by atoms with Gasteiger partial charge in [0.2, 0.25) is 0 Å². The Morgan fingerprint density at radius 1 is 1.39 bits per heavy atom. The van der Waals surface area contributed by atoms with Crippen LogP contribution in [0.5, 0.6) is 0 Å². The van der Waals surface area contributed by atoms with Crippen LogP contribution in [0.4, 0.5) is 11.4 Å². The summed E-state index contributed by atoms with van der Waals surface area (Å²) in [6.07, 6.45) is 1.69. The monoisotopic (exact) mass is 324 g/mol. The second-order valence-corrected chi connectivity index (χ2v) is 6.59. The standard InChI is InChI=1S/C14H25BN4O4/c1-14(17)8-19(7-9(14)3-2-4-15(22)23)11-10(18-6-5-16)12(20)13(11)21/h9,18,22-23H,2-8,16-17H2,1H3/t9-,14-/m0/s1. The van der Waals surface area contributed by atoms with Crippen LogP contribution in [-0.2, 0) is 0 Å². The normalized spacial score (nSPS) is 24.4. The molecule has 1 heterocycles. The second kappa shape index (κ2) is 7.00. The van der Waals surface area contributed by atoms with Gasteiger partial charge < -0.3 is 31.7 Å². The first-order valence-electron chi connectivity index (χ1n) is 7.95. The topological polar surface area (TPSA) is 142 Å². The van der Waals surface area contributed by atoms with E-state index in [1.54, 1.807) is 0 Å². The lowest BCUT2D eigenvalue weighted by Gasteiger charge is -2.26. The van der Waals surface area contributed by atoms with Gasteiger partial charge >= 0.3 is 7.12 Å². The van der Waals surface area contributed by atoms with E-state index in [1.807, 2.05) is 11.8 Å². The molecule has 23 heavy (non-hydrogen) atoms. The number of hydrogen-bond donors (Lipinski definition) is 5. The number of rotatable bonds is 8. The minimum absolute atomic E-state index is 0.119. The SMILES string of the molecule is C[C@]1(N)CN(c2c(NCCN)c(=O)c2=O)C[C@@H]1CCCB(O)O. The Morgan fingerprint density at radius 2 is 2.09 bits per heavy atom. The molecule has 7 N–H and O–H groups in total. The van der Waals surface area contributed by atoms with Crippen molar-refractivity contribution in [1.82, 2.24) is 0 Å². The Morgan fingerprint density at radius 3 is 2.70 bits per heavy atom. The maximum atomic E-state index is 11.9. The van der Waals surface area contributed by atoms with Crippen molar-refractivity contribution in [3.05, 3.63) is 20.4 Å². The summed E-state index contributed by atoms with van der Waals surface area (Å²) >= 11 is 0. The molecular formula is C14H25BN4O4. The lowest BCUT2D eigenvalue weighted by atomic mass is 9.79. The minimum atomic E-state index is -1.31. The van der Waals surface area contributed by atoms with Crippen LogP contribution >= 0.6 is 0 Å². The predicted molar refractivity (Wildman–Crippen MR) is 91.4 cm³/mol. The summed E-state index contributed by atoms with van der Waals surface area (Å²) in [4.78, 5) is 25.5. The Hall–Kier alpha value is -1.42.